The van der Waals surface area contributed by atoms with Crippen LogP contribution in [0.3, 0.4) is 0 Å². The average molecular weight is 487 g/mol. The lowest BCUT2D eigenvalue weighted by molar-refractivity contribution is -0.143. The van der Waals surface area contributed by atoms with E-state index in [1.807, 2.05) is 0 Å². The first-order valence-electron chi connectivity index (χ1n) is 12.5. The number of aliphatic carboxylic acids is 2. The summed E-state index contributed by atoms with van der Waals surface area (Å²) < 4.78 is 0. The molecule has 2 heterocycles. The van der Waals surface area contributed by atoms with Crippen LogP contribution in [0.15, 0.2) is 41.7 Å². The molecule has 0 spiro atoms. The summed E-state index contributed by atoms with van der Waals surface area (Å²) in [6, 6.07) is 6.98. The van der Waals surface area contributed by atoms with Crippen molar-refractivity contribution in [3.05, 3.63) is 47.3 Å². The van der Waals surface area contributed by atoms with E-state index in [2.05, 4.69) is 85.4 Å². The van der Waals surface area contributed by atoms with E-state index in [1.54, 1.807) is 0 Å². The summed E-state index contributed by atoms with van der Waals surface area (Å²) in [4.78, 5) is 24.3. The predicted octanol–water partition coefficient (Wildman–Crippen LogP) is 3.83. The lowest BCUT2D eigenvalue weighted by Gasteiger charge is -2.35. The van der Waals surface area contributed by atoms with Gasteiger partial charge in [0.15, 0.2) is 0 Å². The number of benzene rings is 1. The highest BCUT2D eigenvalue weighted by Gasteiger charge is 2.20. The van der Waals surface area contributed by atoms with Gasteiger partial charge in [-0.1, -0.05) is 39.8 Å². The molecule has 8 heteroatoms. The minimum Gasteiger partial charge on any atom is -0.481 e. The Bertz CT molecular complexity index is 910. The molecule has 0 unspecified atom stereocenters. The molecule has 3 rings (SSSR count). The van der Waals surface area contributed by atoms with E-state index in [1.165, 1.54) is 28.3 Å². The molecular formula is C27H42N4O4. The number of piperazine rings is 2. The van der Waals surface area contributed by atoms with Gasteiger partial charge in [-0.15, -0.1) is 0 Å². The van der Waals surface area contributed by atoms with Crippen molar-refractivity contribution in [1.29, 1.82) is 0 Å². The highest BCUT2D eigenvalue weighted by atomic mass is 16.4. The number of rotatable bonds is 7. The topological polar surface area (TPSA) is 105 Å². The number of allylic oxidation sites excluding steroid dienone is 2. The van der Waals surface area contributed by atoms with Gasteiger partial charge in [-0.25, -0.2) is 0 Å². The largest absolute Gasteiger partial charge is 0.481 e. The van der Waals surface area contributed by atoms with Crippen LogP contribution < -0.4 is 20.4 Å². The maximum Gasteiger partial charge on any atom is 0.303 e. The van der Waals surface area contributed by atoms with Crippen LogP contribution in [0.5, 0.6) is 0 Å². The van der Waals surface area contributed by atoms with E-state index in [-0.39, 0.29) is 12.8 Å². The lowest BCUT2D eigenvalue weighted by Crippen LogP contribution is -2.43. The van der Waals surface area contributed by atoms with Crippen molar-refractivity contribution >= 4 is 23.3 Å². The molecule has 1 aromatic carbocycles. The molecule has 0 atom stereocenters. The van der Waals surface area contributed by atoms with Gasteiger partial charge in [-0.2, -0.15) is 0 Å². The Labute approximate surface area is 209 Å². The summed E-state index contributed by atoms with van der Waals surface area (Å²) in [5.74, 6) is -1.01. The molecule has 4 N–H and O–H groups in total. The van der Waals surface area contributed by atoms with Crippen molar-refractivity contribution < 1.29 is 19.8 Å². The fourth-order valence-electron chi connectivity index (χ4n) is 4.26. The van der Waals surface area contributed by atoms with Crippen LogP contribution in [0.4, 0.5) is 11.4 Å². The number of nitrogens with zero attached hydrogens (tertiary/aromatic N) is 2. The van der Waals surface area contributed by atoms with Gasteiger partial charge in [0.05, 0.1) is 19.4 Å². The monoisotopic (exact) mass is 486 g/mol. The lowest BCUT2D eigenvalue weighted by atomic mass is 10.1. The van der Waals surface area contributed by atoms with Gasteiger partial charge in [-0.3, -0.25) is 9.59 Å². The Morgan fingerprint density at radius 3 is 2.23 bits per heavy atom. The zero-order valence-corrected chi connectivity index (χ0v) is 21.8. The van der Waals surface area contributed by atoms with E-state index >= 15 is 0 Å². The van der Waals surface area contributed by atoms with Crippen molar-refractivity contribution in [2.45, 2.75) is 47.5 Å². The molecule has 0 bridgehead atoms. The second-order valence-electron chi connectivity index (χ2n) is 9.77. The zero-order valence-electron chi connectivity index (χ0n) is 21.8. The van der Waals surface area contributed by atoms with Gasteiger partial charge >= 0.3 is 11.9 Å². The maximum absolute atomic E-state index is 9.64. The fraction of sp³-hybridized carbons (Fsp3) is 0.556. The van der Waals surface area contributed by atoms with Crippen LogP contribution in [-0.2, 0) is 9.59 Å². The van der Waals surface area contributed by atoms with E-state index in [4.69, 9.17) is 10.2 Å². The smallest absolute Gasteiger partial charge is 0.303 e. The Balaban J connectivity index is 0.000000466. The summed E-state index contributed by atoms with van der Waals surface area (Å²) in [6.45, 7) is 17.3. The number of aryl methyl sites for hydroxylation is 1. The first kappa shape index (κ1) is 28.2. The Morgan fingerprint density at radius 2 is 1.66 bits per heavy atom. The SMILES string of the molecule is Cc1cc(N2CCNC/C2=C\C(C)C)ccc1N1CCN/C(=C/C(C)C)C1.O=C(O)CCC(=O)O. The van der Waals surface area contributed by atoms with Gasteiger partial charge < -0.3 is 30.6 Å². The van der Waals surface area contributed by atoms with Crippen LogP contribution in [0.2, 0.25) is 0 Å². The second kappa shape index (κ2) is 13.8. The van der Waals surface area contributed by atoms with Crippen LogP contribution in [0.25, 0.3) is 0 Å². The number of nitrogens with one attached hydrogen (secondary N) is 2. The number of hydrogen-bond acceptors (Lipinski definition) is 6. The van der Waals surface area contributed by atoms with Crippen molar-refractivity contribution in [3.63, 3.8) is 0 Å². The summed E-state index contributed by atoms with van der Waals surface area (Å²) in [6.07, 6.45) is 4.14. The molecule has 8 nitrogen and oxygen atoms in total. The Hall–Kier alpha value is -3.00. The minimum absolute atomic E-state index is 0.296. The first-order valence-corrected chi connectivity index (χ1v) is 12.5. The molecule has 0 aliphatic carbocycles. The molecule has 2 aliphatic heterocycles. The molecule has 2 aliphatic rings. The second-order valence-corrected chi connectivity index (χ2v) is 9.77. The summed E-state index contributed by atoms with van der Waals surface area (Å²) in [5, 5.41) is 22.9. The fourth-order valence-corrected chi connectivity index (χ4v) is 4.26. The van der Waals surface area contributed by atoms with Crippen LogP contribution in [-0.4, -0.2) is 61.4 Å². The van der Waals surface area contributed by atoms with Gasteiger partial charge in [0, 0.05) is 55.5 Å². The normalized spacial score (nSPS) is 18.5. The summed E-state index contributed by atoms with van der Waals surface area (Å²) >= 11 is 0. The number of carboxylic acids is 2. The van der Waals surface area contributed by atoms with E-state index < -0.39 is 11.9 Å². The molecule has 1 aromatic rings. The van der Waals surface area contributed by atoms with Crippen molar-refractivity contribution in [1.82, 2.24) is 10.6 Å². The molecule has 35 heavy (non-hydrogen) atoms. The molecule has 0 radical (unpaired) electrons. The highest BCUT2D eigenvalue weighted by molar-refractivity contribution is 5.75. The zero-order chi connectivity index (χ0) is 26.0. The molecule has 2 saturated heterocycles. The van der Waals surface area contributed by atoms with Crippen molar-refractivity contribution in [2.24, 2.45) is 11.8 Å². The molecule has 0 aromatic heterocycles. The minimum atomic E-state index is -1.08. The van der Waals surface area contributed by atoms with E-state index in [0.717, 1.165) is 39.3 Å². The number of hydrogen-bond donors (Lipinski definition) is 4. The third-order valence-electron chi connectivity index (χ3n) is 5.71. The number of carboxylic acid groups (broad SMARTS) is 2. The Kier molecular flexibility index (Phi) is 11.1. The Morgan fingerprint density at radius 1 is 1.00 bits per heavy atom. The summed E-state index contributed by atoms with van der Waals surface area (Å²) in [7, 11) is 0. The third kappa shape index (κ3) is 9.64. The number of anilines is 2. The van der Waals surface area contributed by atoms with Crippen LogP contribution in [0, 0.1) is 18.8 Å². The van der Waals surface area contributed by atoms with Gasteiger partial charge in [-0.05, 0) is 42.5 Å². The van der Waals surface area contributed by atoms with Gasteiger partial charge in [0.25, 0.3) is 0 Å². The number of carbonyl (C=O) groups is 2. The van der Waals surface area contributed by atoms with Crippen LogP contribution in [0.1, 0.15) is 46.1 Å². The van der Waals surface area contributed by atoms with Gasteiger partial charge in [0.1, 0.15) is 0 Å². The van der Waals surface area contributed by atoms with Crippen LogP contribution >= 0.6 is 0 Å². The van der Waals surface area contributed by atoms with E-state index in [0.29, 0.717) is 11.8 Å². The maximum atomic E-state index is 9.64. The van der Waals surface area contributed by atoms with Crippen molar-refractivity contribution in [2.75, 3.05) is 49.1 Å². The molecular weight excluding hydrogens is 444 g/mol. The van der Waals surface area contributed by atoms with Crippen molar-refractivity contribution in [3.8, 4) is 0 Å². The molecule has 2 fully saturated rings. The molecule has 194 valence electrons. The predicted molar refractivity (Wildman–Crippen MR) is 142 cm³/mol. The van der Waals surface area contributed by atoms with E-state index in [9.17, 15) is 9.59 Å². The van der Waals surface area contributed by atoms with Gasteiger partial charge in [0.2, 0.25) is 0 Å². The standard InChI is InChI=1S/C23H36N4.C4H6O4/c1-17(2)12-20-16-26(10-9-25-20)23-7-6-21(14-19(23)5)27-11-8-24-15-22(27)13-18(3)4;5-3(6)1-2-4(7)8/h6-7,12-14,17-18,24-25H,8-11,15-16H2,1-5H3;1-2H2,(H,5,6)(H,7,8)/b20-12+,22-13+;. The first-order chi connectivity index (χ1) is 16.6. The third-order valence-corrected chi connectivity index (χ3v) is 5.71. The average Bonchev–Trinajstić information content (AvgIpc) is 2.78. The highest BCUT2D eigenvalue weighted by Crippen LogP contribution is 2.29. The molecule has 0 amide bonds. The summed E-state index contributed by atoms with van der Waals surface area (Å²) in [5.41, 5.74) is 6.79. The quantitative estimate of drug-likeness (QED) is 0.461. The molecule has 0 saturated carbocycles.